The van der Waals surface area contributed by atoms with Gasteiger partial charge in [-0.05, 0) is 63.9 Å². The maximum atomic E-state index is 13.1. The molecular formula is C21H29N3O3. The van der Waals surface area contributed by atoms with E-state index in [0.29, 0.717) is 6.04 Å². The standard InChI is InChI=1S/C21H29N3O3/c1-14-9-17(10-15(2)20(14)26-5)21(25)24-8-6-7-18(11-24)23(4)12-19-16(3)13-27-22-19/h9-10,13,18H,6-8,11-12H2,1-5H3. The second-order valence-corrected chi connectivity index (χ2v) is 7.55. The van der Waals surface area contributed by atoms with Crippen LogP contribution in [-0.4, -0.2) is 54.2 Å². The topological polar surface area (TPSA) is 58.8 Å². The molecule has 2 aromatic rings. The van der Waals surface area contributed by atoms with Crippen molar-refractivity contribution in [3.63, 3.8) is 0 Å². The minimum atomic E-state index is 0.0968. The highest BCUT2D eigenvalue weighted by molar-refractivity contribution is 5.95. The van der Waals surface area contributed by atoms with E-state index in [1.165, 1.54) is 0 Å². The highest BCUT2D eigenvalue weighted by atomic mass is 16.5. The molecule has 1 aromatic carbocycles. The van der Waals surface area contributed by atoms with Gasteiger partial charge in [-0.3, -0.25) is 9.69 Å². The number of carbonyl (C=O) groups is 1. The zero-order chi connectivity index (χ0) is 19.6. The monoisotopic (exact) mass is 371 g/mol. The molecule has 1 aliphatic heterocycles. The lowest BCUT2D eigenvalue weighted by molar-refractivity contribution is 0.0599. The molecule has 1 aromatic heterocycles. The summed E-state index contributed by atoms with van der Waals surface area (Å²) in [6, 6.07) is 4.18. The molecule has 1 unspecified atom stereocenters. The number of methoxy groups -OCH3 is 1. The van der Waals surface area contributed by atoms with Crippen LogP contribution in [-0.2, 0) is 6.54 Å². The van der Waals surface area contributed by atoms with Gasteiger partial charge in [-0.2, -0.15) is 0 Å². The van der Waals surface area contributed by atoms with Gasteiger partial charge < -0.3 is 14.2 Å². The van der Waals surface area contributed by atoms with Crippen LogP contribution >= 0.6 is 0 Å². The first kappa shape index (κ1) is 19.4. The molecule has 0 radical (unpaired) electrons. The third-order valence-electron chi connectivity index (χ3n) is 5.47. The van der Waals surface area contributed by atoms with Gasteiger partial charge in [-0.1, -0.05) is 5.16 Å². The third kappa shape index (κ3) is 4.16. The Morgan fingerprint density at radius 2 is 2.00 bits per heavy atom. The van der Waals surface area contributed by atoms with Crippen LogP contribution in [0.2, 0.25) is 0 Å². The SMILES string of the molecule is COc1c(C)cc(C(=O)N2CCCC(N(C)Cc3nocc3C)C2)cc1C. The van der Waals surface area contributed by atoms with E-state index in [-0.39, 0.29) is 5.91 Å². The average Bonchev–Trinajstić information content (AvgIpc) is 3.05. The van der Waals surface area contributed by atoms with Crippen LogP contribution in [0.3, 0.4) is 0 Å². The Morgan fingerprint density at radius 1 is 1.30 bits per heavy atom. The second-order valence-electron chi connectivity index (χ2n) is 7.55. The zero-order valence-corrected chi connectivity index (χ0v) is 16.9. The van der Waals surface area contributed by atoms with Gasteiger partial charge in [0.1, 0.15) is 17.7 Å². The summed E-state index contributed by atoms with van der Waals surface area (Å²) >= 11 is 0. The first-order chi connectivity index (χ1) is 12.9. The van der Waals surface area contributed by atoms with Crippen molar-refractivity contribution in [2.75, 3.05) is 27.2 Å². The summed E-state index contributed by atoms with van der Waals surface area (Å²) in [5, 5.41) is 4.08. The molecule has 27 heavy (non-hydrogen) atoms. The Bertz CT molecular complexity index is 792. The molecule has 0 saturated carbocycles. The summed E-state index contributed by atoms with van der Waals surface area (Å²) in [6.45, 7) is 8.23. The van der Waals surface area contributed by atoms with Gasteiger partial charge in [-0.15, -0.1) is 0 Å². The van der Waals surface area contributed by atoms with Crippen LogP contribution < -0.4 is 4.74 Å². The van der Waals surface area contributed by atoms with Gasteiger partial charge in [0.15, 0.2) is 0 Å². The van der Waals surface area contributed by atoms with Gasteiger partial charge in [0, 0.05) is 36.8 Å². The van der Waals surface area contributed by atoms with Crippen LogP contribution in [0.5, 0.6) is 5.75 Å². The van der Waals surface area contributed by atoms with Crippen molar-refractivity contribution in [3.05, 3.63) is 46.3 Å². The predicted octanol–water partition coefficient (Wildman–Crippen LogP) is 3.35. The maximum absolute atomic E-state index is 13.1. The molecule has 0 bridgehead atoms. The number of hydrogen-bond donors (Lipinski definition) is 0. The fourth-order valence-electron chi connectivity index (χ4n) is 3.91. The Kier molecular flexibility index (Phi) is 5.85. The van der Waals surface area contributed by atoms with E-state index >= 15 is 0 Å². The number of ether oxygens (including phenoxy) is 1. The van der Waals surface area contributed by atoms with Crippen molar-refractivity contribution in [1.82, 2.24) is 15.0 Å². The van der Waals surface area contributed by atoms with Crippen molar-refractivity contribution in [2.45, 2.75) is 46.2 Å². The van der Waals surface area contributed by atoms with Crippen molar-refractivity contribution in [3.8, 4) is 5.75 Å². The van der Waals surface area contributed by atoms with Crippen molar-refractivity contribution < 1.29 is 14.1 Å². The smallest absolute Gasteiger partial charge is 0.253 e. The molecule has 1 amide bonds. The summed E-state index contributed by atoms with van der Waals surface area (Å²) in [5.74, 6) is 0.949. The van der Waals surface area contributed by atoms with E-state index in [1.807, 2.05) is 37.8 Å². The lowest BCUT2D eigenvalue weighted by Crippen LogP contribution is -2.48. The molecular weight excluding hydrogens is 342 g/mol. The number of piperidine rings is 1. The number of amides is 1. The van der Waals surface area contributed by atoms with Crippen LogP contribution in [0.4, 0.5) is 0 Å². The summed E-state index contributed by atoms with van der Waals surface area (Å²) in [6.07, 6.45) is 3.76. The van der Waals surface area contributed by atoms with Gasteiger partial charge in [0.2, 0.25) is 0 Å². The van der Waals surface area contributed by atoms with Crippen molar-refractivity contribution in [2.24, 2.45) is 0 Å². The quantitative estimate of drug-likeness (QED) is 0.807. The minimum Gasteiger partial charge on any atom is -0.496 e. The van der Waals surface area contributed by atoms with Crippen LogP contribution in [0.15, 0.2) is 22.9 Å². The fourth-order valence-corrected chi connectivity index (χ4v) is 3.91. The van der Waals surface area contributed by atoms with Gasteiger partial charge >= 0.3 is 0 Å². The summed E-state index contributed by atoms with van der Waals surface area (Å²) in [5.41, 5.74) is 4.75. The number of nitrogens with zero attached hydrogens (tertiary/aromatic N) is 3. The fraction of sp³-hybridized carbons (Fsp3) is 0.524. The van der Waals surface area contributed by atoms with E-state index in [2.05, 4.69) is 17.1 Å². The number of hydrogen-bond acceptors (Lipinski definition) is 5. The number of likely N-dealkylation sites (N-methyl/N-ethyl adjacent to an activating group) is 1. The van der Waals surface area contributed by atoms with E-state index in [1.54, 1.807) is 13.4 Å². The molecule has 1 fully saturated rings. The molecule has 0 aliphatic carbocycles. The highest BCUT2D eigenvalue weighted by Gasteiger charge is 2.28. The molecule has 6 nitrogen and oxygen atoms in total. The van der Waals surface area contributed by atoms with E-state index in [0.717, 1.165) is 66.2 Å². The summed E-state index contributed by atoms with van der Waals surface area (Å²) in [7, 11) is 3.76. The highest BCUT2D eigenvalue weighted by Crippen LogP contribution is 2.26. The average molecular weight is 371 g/mol. The number of aromatic nitrogens is 1. The molecule has 2 heterocycles. The second kappa shape index (κ2) is 8.13. The first-order valence-electron chi connectivity index (χ1n) is 9.45. The van der Waals surface area contributed by atoms with Crippen LogP contribution in [0.25, 0.3) is 0 Å². The number of rotatable bonds is 5. The molecule has 146 valence electrons. The molecule has 6 heteroatoms. The number of benzene rings is 1. The molecule has 0 N–H and O–H groups in total. The first-order valence-corrected chi connectivity index (χ1v) is 9.45. The largest absolute Gasteiger partial charge is 0.496 e. The van der Waals surface area contributed by atoms with E-state index in [4.69, 9.17) is 9.26 Å². The van der Waals surface area contributed by atoms with Crippen LogP contribution in [0.1, 0.15) is 45.6 Å². The van der Waals surface area contributed by atoms with E-state index in [9.17, 15) is 4.79 Å². The number of aryl methyl sites for hydroxylation is 3. The zero-order valence-electron chi connectivity index (χ0n) is 16.9. The van der Waals surface area contributed by atoms with Gasteiger partial charge in [0.05, 0.1) is 7.11 Å². The normalized spacial score (nSPS) is 17.4. The Hall–Kier alpha value is -2.34. The lowest BCUT2D eigenvalue weighted by atomic mass is 10.0. The molecule has 1 saturated heterocycles. The molecule has 1 atom stereocenters. The van der Waals surface area contributed by atoms with Crippen molar-refractivity contribution >= 4 is 5.91 Å². The number of carbonyl (C=O) groups excluding carboxylic acids is 1. The third-order valence-corrected chi connectivity index (χ3v) is 5.47. The molecule has 1 aliphatic rings. The van der Waals surface area contributed by atoms with Crippen LogP contribution in [0, 0.1) is 20.8 Å². The number of likely N-dealkylation sites (tertiary alicyclic amines) is 1. The van der Waals surface area contributed by atoms with Crippen molar-refractivity contribution in [1.29, 1.82) is 0 Å². The Morgan fingerprint density at radius 3 is 2.59 bits per heavy atom. The predicted molar refractivity (Wildman–Crippen MR) is 104 cm³/mol. The molecule has 0 spiro atoms. The Balaban J connectivity index is 1.70. The summed E-state index contributed by atoms with van der Waals surface area (Å²) in [4.78, 5) is 17.3. The lowest BCUT2D eigenvalue weighted by Gasteiger charge is -2.37. The van der Waals surface area contributed by atoms with E-state index < -0.39 is 0 Å². The molecule has 3 rings (SSSR count). The minimum absolute atomic E-state index is 0.0968. The Labute approximate surface area is 161 Å². The van der Waals surface area contributed by atoms with Gasteiger partial charge in [0.25, 0.3) is 5.91 Å². The summed E-state index contributed by atoms with van der Waals surface area (Å²) < 4.78 is 10.5. The van der Waals surface area contributed by atoms with Gasteiger partial charge in [-0.25, -0.2) is 0 Å². The maximum Gasteiger partial charge on any atom is 0.253 e.